The molecule has 0 saturated carbocycles. The summed E-state index contributed by atoms with van der Waals surface area (Å²) in [6, 6.07) is 11.7. The first-order chi connectivity index (χ1) is 18.1. The normalized spacial score (nSPS) is 11.5. The second kappa shape index (κ2) is 11.6. The lowest BCUT2D eigenvalue weighted by atomic mass is 10.1. The molecule has 0 saturated heterocycles. The fourth-order valence-electron chi connectivity index (χ4n) is 3.96. The van der Waals surface area contributed by atoms with Gasteiger partial charge in [-0.3, -0.25) is 18.6 Å². The number of nitrogens with one attached hydrogen (secondary N) is 1. The monoisotopic (exact) mass is 538 g/mol. The predicted molar refractivity (Wildman–Crippen MR) is 145 cm³/mol. The maximum absolute atomic E-state index is 11.7. The summed E-state index contributed by atoms with van der Waals surface area (Å²) in [7, 11) is -0.326. The van der Waals surface area contributed by atoms with E-state index in [0.29, 0.717) is 29.9 Å². The van der Waals surface area contributed by atoms with Gasteiger partial charge in [-0.05, 0) is 49.2 Å². The Hall–Kier alpha value is -4.03. The Bertz CT molecular complexity index is 1550. The molecule has 4 rings (SSSR count). The van der Waals surface area contributed by atoms with Crippen LogP contribution in [0.15, 0.2) is 55.0 Å². The van der Waals surface area contributed by atoms with Gasteiger partial charge in [0.05, 0.1) is 49.1 Å². The highest BCUT2D eigenvalue weighted by molar-refractivity contribution is 7.85. The molecule has 4 aromatic rings. The van der Waals surface area contributed by atoms with E-state index in [9.17, 15) is 13.2 Å². The first-order valence-electron chi connectivity index (χ1n) is 11.9. The van der Waals surface area contributed by atoms with Crippen molar-refractivity contribution in [2.24, 2.45) is 0 Å². The van der Waals surface area contributed by atoms with Crippen LogP contribution in [0, 0.1) is 6.92 Å². The summed E-state index contributed by atoms with van der Waals surface area (Å²) in [6.45, 7) is 2.65. The van der Waals surface area contributed by atoms with Crippen LogP contribution < -0.4 is 15.0 Å². The predicted octanol–water partition coefficient (Wildman–Crippen LogP) is 3.06. The number of likely N-dealkylation sites (N-methyl/N-ethyl adjacent to an activating group) is 1. The number of hydrogen-bond donors (Lipinski definition) is 1. The lowest BCUT2D eigenvalue weighted by Gasteiger charge is -2.26. The zero-order valence-electron chi connectivity index (χ0n) is 21.7. The molecule has 11 nitrogen and oxygen atoms in total. The molecule has 0 fully saturated rings. The van der Waals surface area contributed by atoms with E-state index in [2.05, 4.69) is 20.3 Å². The molecule has 2 aromatic carbocycles. The molecule has 2 aromatic heterocycles. The first kappa shape index (κ1) is 27.0. The van der Waals surface area contributed by atoms with Crippen LogP contribution in [0.5, 0.6) is 5.75 Å². The average molecular weight is 539 g/mol. The average Bonchev–Trinajstić information content (AvgIpc) is 3.35. The van der Waals surface area contributed by atoms with Crippen LogP contribution in [0.2, 0.25) is 0 Å². The molecule has 0 aliphatic rings. The van der Waals surface area contributed by atoms with Crippen molar-refractivity contribution in [3.8, 4) is 17.0 Å². The van der Waals surface area contributed by atoms with Crippen LogP contribution in [-0.4, -0.2) is 67.6 Å². The van der Waals surface area contributed by atoms with Crippen molar-refractivity contribution in [3.63, 3.8) is 0 Å². The SMILES string of the molecule is CNC(=O)Cn1cc(-c2cnc3ccc(N(CCCOS(C)(=O)=O)c4cc(C)cc(OC)c4)cc3n2)cn1. The smallest absolute Gasteiger partial charge is 0.264 e. The molecule has 0 aliphatic heterocycles. The minimum absolute atomic E-state index is 0.0653. The first-order valence-corrected chi connectivity index (χ1v) is 13.7. The highest BCUT2D eigenvalue weighted by atomic mass is 32.2. The number of methoxy groups -OCH3 is 1. The number of amides is 1. The number of carbonyl (C=O) groups is 1. The zero-order valence-corrected chi connectivity index (χ0v) is 22.5. The standard InChI is InChI=1S/C26H30N6O5S/c1-18-10-21(12-22(11-18)36-3)32(8-5-9-37-38(4,34)35)20-6-7-23-24(13-20)30-25(15-28-23)19-14-29-31(16-19)17-26(33)27-2/h6-7,10-16H,5,8-9,17H2,1-4H3,(H,27,33). The molecule has 0 bridgehead atoms. The molecule has 1 amide bonds. The number of anilines is 2. The summed E-state index contributed by atoms with van der Waals surface area (Å²) in [5, 5.41) is 6.82. The quantitative estimate of drug-likeness (QED) is 0.226. The second-order valence-corrected chi connectivity index (χ2v) is 10.4. The van der Waals surface area contributed by atoms with E-state index >= 15 is 0 Å². The topological polar surface area (TPSA) is 129 Å². The third-order valence-electron chi connectivity index (χ3n) is 5.76. The summed E-state index contributed by atoms with van der Waals surface area (Å²) in [6.07, 6.45) is 6.59. The van der Waals surface area contributed by atoms with E-state index in [1.165, 1.54) is 0 Å². The van der Waals surface area contributed by atoms with Crippen molar-refractivity contribution < 1.29 is 22.1 Å². The van der Waals surface area contributed by atoms with Crippen molar-refractivity contribution >= 4 is 38.4 Å². The third kappa shape index (κ3) is 6.84. The lowest BCUT2D eigenvalue weighted by Crippen LogP contribution is -2.23. The number of aryl methyl sites for hydroxylation is 1. The molecule has 1 N–H and O–H groups in total. The van der Waals surface area contributed by atoms with E-state index in [4.69, 9.17) is 13.9 Å². The molecule has 0 radical (unpaired) electrons. The summed E-state index contributed by atoms with van der Waals surface area (Å²) < 4.78 is 34.8. The van der Waals surface area contributed by atoms with Crippen LogP contribution >= 0.6 is 0 Å². The van der Waals surface area contributed by atoms with Gasteiger partial charge in [0.2, 0.25) is 5.91 Å². The Morgan fingerprint density at radius 1 is 1.11 bits per heavy atom. The zero-order chi connectivity index (χ0) is 27.3. The van der Waals surface area contributed by atoms with Crippen molar-refractivity contribution in [3.05, 3.63) is 60.6 Å². The van der Waals surface area contributed by atoms with Gasteiger partial charge in [0.1, 0.15) is 12.3 Å². The number of hydrogen-bond acceptors (Lipinski definition) is 9. The Kier molecular flexibility index (Phi) is 8.23. The number of carbonyl (C=O) groups excluding carboxylic acids is 1. The highest BCUT2D eigenvalue weighted by Crippen LogP contribution is 2.32. The van der Waals surface area contributed by atoms with E-state index in [1.54, 1.807) is 37.4 Å². The van der Waals surface area contributed by atoms with Crippen molar-refractivity contribution in [1.82, 2.24) is 25.1 Å². The van der Waals surface area contributed by atoms with Gasteiger partial charge in [0, 0.05) is 42.8 Å². The third-order valence-corrected chi connectivity index (χ3v) is 6.35. The molecule has 0 unspecified atom stereocenters. The Morgan fingerprint density at radius 2 is 1.92 bits per heavy atom. The fraction of sp³-hybridized carbons (Fsp3) is 0.308. The number of rotatable bonds is 11. The highest BCUT2D eigenvalue weighted by Gasteiger charge is 2.15. The van der Waals surface area contributed by atoms with Gasteiger partial charge in [0.15, 0.2) is 0 Å². The number of ether oxygens (including phenoxy) is 1. The van der Waals surface area contributed by atoms with E-state index in [0.717, 1.165) is 34.3 Å². The van der Waals surface area contributed by atoms with E-state index in [-0.39, 0.29) is 19.1 Å². The largest absolute Gasteiger partial charge is 0.497 e. The van der Waals surface area contributed by atoms with Crippen LogP contribution in [-0.2, 0) is 25.6 Å². The molecule has 0 atom stereocenters. The molecule has 2 heterocycles. The van der Waals surface area contributed by atoms with Crippen molar-refractivity contribution in [2.45, 2.75) is 19.9 Å². The Labute approximate surface area is 221 Å². The minimum atomic E-state index is -3.52. The maximum Gasteiger partial charge on any atom is 0.264 e. The van der Waals surface area contributed by atoms with Crippen LogP contribution in [0.25, 0.3) is 22.3 Å². The van der Waals surface area contributed by atoms with Gasteiger partial charge in [0.25, 0.3) is 10.1 Å². The molecular weight excluding hydrogens is 508 g/mol. The van der Waals surface area contributed by atoms with E-state index < -0.39 is 10.1 Å². The molecule has 38 heavy (non-hydrogen) atoms. The summed E-state index contributed by atoms with van der Waals surface area (Å²) >= 11 is 0. The summed E-state index contributed by atoms with van der Waals surface area (Å²) in [4.78, 5) is 23.1. The Balaban J connectivity index is 1.67. The molecular formula is C26H30N6O5S. The molecule has 0 aliphatic carbocycles. The van der Waals surface area contributed by atoms with Gasteiger partial charge in [-0.2, -0.15) is 13.5 Å². The fourth-order valence-corrected chi connectivity index (χ4v) is 4.38. The lowest BCUT2D eigenvalue weighted by molar-refractivity contribution is -0.121. The maximum atomic E-state index is 11.7. The summed E-state index contributed by atoms with van der Waals surface area (Å²) in [5.74, 6) is 0.567. The van der Waals surface area contributed by atoms with Crippen LogP contribution in [0.1, 0.15) is 12.0 Å². The van der Waals surface area contributed by atoms with Gasteiger partial charge < -0.3 is 15.0 Å². The van der Waals surface area contributed by atoms with E-state index in [1.807, 2.05) is 43.3 Å². The second-order valence-electron chi connectivity index (χ2n) is 8.77. The summed E-state index contributed by atoms with van der Waals surface area (Å²) in [5.41, 5.74) is 5.53. The van der Waals surface area contributed by atoms with Gasteiger partial charge in [-0.25, -0.2) is 4.98 Å². The minimum Gasteiger partial charge on any atom is -0.497 e. The molecule has 0 spiro atoms. The van der Waals surface area contributed by atoms with Crippen LogP contribution in [0.3, 0.4) is 0 Å². The molecule has 12 heteroatoms. The Morgan fingerprint density at radius 3 is 2.66 bits per heavy atom. The van der Waals surface area contributed by atoms with Crippen LogP contribution in [0.4, 0.5) is 11.4 Å². The van der Waals surface area contributed by atoms with Crippen molar-refractivity contribution in [1.29, 1.82) is 0 Å². The van der Waals surface area contributed by atoms with Gasteiger partial charge >= 0.3 is 0 Å². The number of fused-ring (bicyclic) bond motifs is 1. The number of nitrogens with zero attached hydrogens (tertiary/aromatic N) is 5. The number of benzene rings is 2. The molecule has 200 valence electrons. The van der Waals surface area contributed by atoms with Gasteiger partial charge in [-0.15, -0.1) is 0 Å². The number of aromatic nitrogens is 4. The van der Waals surface area contributed by atoms with Gasteiger partial charge in [-0.1, -0.05) is 0 Å². The van der Waals surface area contributed by atoms with Crippen molar-refractivity contribution in [2.75, 3.05) is 38.5 Å².